The molecule has 1 rings (SSSR count). The van der Waals surface area contributed by atoms with E-state index >= 15 is 0 Å². The molecule has 9 nitrogen and oxygen atoms in total. The van der Waals surface area contributed by atoms with Gasteiger partial charge in [0.25, 0.3) is 0 Å². The zero-order valence-electron chi connectivity index (χ0n) is 9.58. The molecule has 0 aromatic rings. The van der Waals surface area contributed by atoms with Crippen molar-refractivity contribution in [3.05, 3.63) is 0 Å². The van der Waals surface area contributed by atoms with Gasteiger partial charge in [-0.25, -0.2) is 4.79 Å². The number of carboxylic acids is 1. The van der Waals surface area contributed by atoms with Gasteiger partial charge in [-0.1, -0.05) is 0 Å². The van der Waals surface area contributed by atoms with Crippen LogP contribution in [0.25, 0.3) is 0 Å². The molecule has 99 valence electrons. The van der Waals surface area contributed by atoms with Gasteiger partial charge < -0.3 is 39.9 Å². The van der Waals surface area contributed by atoms with E-state index < -0.39 is 50.4 Å². The summed E-state index contributed by atoms with van der Waals surface area (Å²) in [6.07, 6.45) is -8.57. The number of carboxylic acid groups (broad SMARTS) is 1. The molecular weight excluding hydrogens is 262 g/mol. The number of aliphatic carboxylic acids is 1. The smallest absolute Gasteiger partial charge is 0.479 e. The second kappa shape index (κ2) is 7.75. The van der Waals surface area contributed by atoms with E-state index in [0.29, 0.717) is 0 Å². The van der Waals surface area contributed by atoms with Crippen molar-refractivity contribution in [3.8, 4) is 0 Å². The molecule has 6 N–H and O–H groups in total. The monoisotopic (exact) mass is 275 g/mol. The van der Waals surface area contributed by atoms with E-state index in [1.54, 1.807) is 0 Å². The van der Waals surface area contributed by atoms with Gasteiger partial charge in [-0.2, -0.15) is 0 Å². The van der Waals surface area contributed by atoms with E-state index in [0.717, 1.165) is 0 Å². The van der Waals surface area contributed by atoms with Gasteiger partial charge >= 0.3 is 13.3 Å². The maximum absolute atomic E-state index is 10.4. The van der Waals surface area contributed by atoms with E-state index in [-0.39, 0.29) is 29.6 Å². The summed E-state index contributed by atoms with van der Waals surface area (Å²) in [5.74, 6) is -1.73. The first kappa shape index (κ1) is 18.3. The molecule has 1 aliphatic rings. The van der Waals surface area contributed by atoms with Crippen LogP contribution in [0, 0.1) is 0 Å². The van der Waals surface area contributed by atoms with Gasteiger partial charge in [-0.15, -0.1) is 0 Å². The van der Waals surface area contributed by atoms with E-state index in [1.165, 1.54) is 0 Å². The average Bonchev–Trinajstić information content (AvgIpc) is 2.67. The van der Waals surface area contributed by atoms with Gasteiger partial charge in [0.15, 0.2) is 6.10 Å². The predicted molar refractivity (Wildman–Crippen MR) is 56.2 cm³/mol. The number of rotatable bonds is 5. The second-order valence-corrected chi connectivity index (χ2v) is 3.53. The van der Waals surface area contributed by atoms with Crippen molar-refractivity contribution in [1.29, 1.82) is 0 Å². The van der Waals surface area contributed by atoms with Crippen LogP contribution in [0.2, 0.25) is 0 Å². The van der Waals surface area contributed by atoms with Gasteiger partial charge in [-0.3, -0.25) is 0 Å². The molecule has 1 heterocycles. The van der Waals surface area contributed by atoms with Crippen molar-refractivity contribution < 1.29 is 44.7 Å². The molecule has 11 heteroatoms. The minimum atomic E-state index is -2.22. The quantitative estimate of drug-likeness (QED) is 0.272. The normalized spacial score (nSPS) is 28.4. The summed E-state index contributed by atoms with van der Waals surface area (Å²) in [4.78, 5) is 10.4. The van der Waals surface area contributed by atoms with Crippen LogP contribution in [0.5, 0.6) is 0 Å². The zero-order chi connectivity index (χ0) is 13.2. The number of hydrogen-bond acceptors (Lipinski definition) is 8. The van der Waals surface area contributed by atoms with Crippen LogP contribution >= 0.6 is 0 Å². The molecular formula is C7H13BNaO9. The van der Waals surface area contributed by atoms with Crippen LogP contribution < -0.4 is 0 Å². The van der Waals surface area contributed by atoms with Crippen LogP contribution in [-0.4, -0.2) is 111 Å². The van der Waals surface area contributed by atoms with E-state index in [1.807, 2.05) is 0 Å². The molecule has 0 aliphatic carbocycles. The van der Waals surface area contributed by atoms with Gasteiger partial charge in [-0.05, 0) is 0 Å². The molecule has 1 saturated heterocycles. The van der Waals surface area contributed by atoms with Crippen molar-refractivity contribution in [1.82, 2.24) is 0 Å². The fourth-order valence-corrected chi connectivity index (χ4v) is 1.46. The van der Waals surface area contributed by atoms with Gasteiger partial charge in [0, 0.05) is 29.6 Å². The fraction of sp³-hybridized carbons (Fsp3) is 0.857. The zero-order valence-corrected chi connectivity index (χ0v) is 11.6. The molecule has 5 atom stereocenters. The second-order valence-electron chi connectivity index (χ2n) is 3.53. The van der Waals surface area contributed by atoms with Crippen LogP contribution in [0.15, 0.2) is 0 Å². The van der Waals surface area contributed by atoms with Crippen LogP contribution in [0.1, 0.15) is 0 Å². The fourth-order valence-electron chi connectivity index (χ4n) is 1.46. The maximum Gasteiger partial charge on any atom is 0.637 e. The van der Waals surface area contributed by atoms with Gasteiger partial charge in [0.05, 0.1) is 12.7 Å². The van der Waals surface area contributed by atoms with Crippen molar-refractivity contribution in [3.63, 3.8) is 0 Å². The molecule has 1 aliphatic heterocycles. The maximum atomic E-state index is 10.4. The Morgan fingerprint density at radius 3 is 2.28 bits per heavy atom. The number of carbonyl (C=O) groups is 1. The van der Waals surface area contributed by atoms with Crippen molar-refractivity contribution in [2.45, 2.75) is 30.5 Å². The standard InChI is InChI=1S/C7H13BO9.Na/c9-1-2-6(17-8(15)16-2)4(11)3(10)5(12)7(13)14;/h2-6,9-12,15H,1H2,(H,13,14);. The molecule has 0 aromatic carbocycles. The largest absolute Gasteiger partial charge is 0.637 e. The Balaban J connectivity index is 0.00000289. The summed E-state index contributed by atoms with van der Waals surface area (Å²) >= 11 is 0. The van der Waals surface area contributed by atoms with Crippen molar-refractivity contribution >= 4 is 42.8 Å². The Morgan fingerprint density at radius 1 is 1.28 bits per heavy atom. The van der Waals surface area contributed by atoms with Crippen LogP contribution in [0.3, 0.4) is 0 Å². The average molecular weight is 275 g/mol. The molecule has 5 unspecified atom stereocenters. The third-order valence-electron chi connectivity index (χ3n) is 2.37. The first-order valence-electron chi connectivity index (χ1n) is 4.75. The van der Waals surface area contributed by atoms with Crippen molar-refractivity contribution in [2.75, 3.05) is 6.61 Å². The Labute approximate surface area is 124 Å². The SMILES string of the molecule is O=C(O)C(O)C(O)C(O)C1OB(O)OC1CO.[Na]. The predicted octanol–water partition coefficient (Wildman–Crippen LogP) is -4.47. The molecule has 0 spiro atoms. The summed E-state index contributed by atoms with van der Waals surface area (Å²) in [7, 11) is -1.69. The van der Waals surface area contributed by atoms with Gasteiger partial charge in [0.2, 0.25) is 0 Å². The van der Waals surface area contributed by atoms with Crippen LogP contribution in [0.4, 0.5) is 0 Å². The molecule has 18 heavy (non-hydrogen) atoms. The number of hydrogen-bond donors (Lipinski definition) is 6. The topological polar surface area (TPSA) is 157 Å². The minimum Gasteiger partial charge on any atom is -0.479 e. The Hall–Kier alpha value is 0.255. The Morgan fingerprint density at radius 2 is 1.83 bits per heavy atom. The Kier molecular flexibility index (Phi) is 7.86. The van der Waals surface area contributed by atoms with E-state index in [2.05, 4.69) is 9.31 Å². The summed E-state index contributed by atoms with van der Waals surface area (Å²) in [6.45, 7) is -0.616. The summed E-state index contributed by atoms with van der Waals surface area (Å²) in [5.41, 5.74) is 0. The molecule has 0 aromatic heterocycles. The van der Waals surface area contributed by atoms with Gasteiger partial charge in [0.1, 0.15) is 18.3 Å². The summed E-state index contributed by atoms with van der Waals surface area (Å²) < 4.78 is 9.25. The van der Waals surface area contributed by atoms with E-state index in [4.69, 9.17) is 20.3 Å². The first-order chi connectivity index (χ1) is 7.88. The first-order valence-corrected chi connectivity index (χ1v) is 4.75. The van der Waals surface area contributed by atoms with Crippen molar-refractivity contribution in [2.24, 2.45) is 0 Å². The summed E-state index contributed by atoms with van der Waals surface area (Å²) in [5, 5.41) is 54.1. The molecule has 1 fully saturated rings. The third kappa shape index (κ3) is 4.13. The number of aliphatic hydroxyl groups excluding tert-OH is 4. The molecule has 0 bridgehead atoms. The Bertz CT molecular complexity index is 280. The third-order valence-corrected chi connectivity index (χ3v) is 2.37. The van der Waals surface area contributed by atoms with Crippen LogP contribution in [-0.2, 0) is 14.1 Å². The number of aliphatic hydroxyl groups is 4. The molecule has 0 saturated carbocycles. The molecule has 0 amide bonds. The summed E-state index contributed by atoms with van der Waals surface area (Å²) in [6, 6.07) is 0. The molecule has 1 radical (unpaired) electrons. The van der Waals surface area contributed by atoms with E-state index in [9.17, 15) is 15.0 Å². The minimum absolute atomic E-state index is 0.